The highest BCUT2D eigenvalue weighted by Gasteiger charge is 2.45. The third-order valence-electron chi connectivity index (χ3n) is 2.74. The number of carbonyl (C=O) groups excluding carboxylic acids is 1. The molecule has 6 nitrogen and oxygen atoms in total. The Balaban J connectivity index is 3.98. The average Bonchev–Trinajstić information content (AvgIpc) is 2.31. The predicted molar refractivity (Wildman–Crippen MR) is 70.6 cm³/mol. The maximum Gasteiger partial charge on any atom is 0.402 e. The van der Waals surface area contributed by atoms with E-state index in [2.05, 4.69) is 4.74 Å². The van der Waals surface area contributed by atoms with E-state index in [0.717, 1.165) is 6.04 Å². The Kier molecular flexibility index (Phi) is 7.22. The van der Waals surface area contributed by atoms with Crippen molar-refractivity contribution in [2.24, 2.45) is 0 Å². The number of hydrogen-bond donors (Lipinski definition) is 1. The molecule has 0 aromatic carbocycles. The first-order chi connectivity index (χ1) is 8.91. The quantitative estimate of drug-likeness (QED) is 0.300. The lowest BCUT2D eigenvalue weighted by atomic mass is 10.2. The molecule has 0 amide bonds. The topological polar surface area (TPSA) is 89.9 Å². The van der Waals surface area contributed by atoms with E-state index < -0.39 is 36.3 Å². The molecule has 0 aliphatic rings. The number of ether oxygens (including phenoxy) is 1. The first kappa shape index (κ1) is 19.4. The van der Waals surface area contributed by atoms with Crippen LogP contribution < -0.4 is 0 Å². The minimum absolute atomic E-state index is 0.0875. The van der Waals surface area contributed by atoms with Crippen LogP contribution in [0.5, 0.6) is 0 Å². The molecule has 0 rings (SSSR count). The Morgan fingerprint density at radius 1 is 1.30 bits per heavy atom. The van der Waals surface area contributed by atoms with Gasteiger partial charge < -0.3 is 9.16 Å². The molecule has 0 radical (unpaired) electrons. The maximum absolute atomic E-state index is 12.8. The van der Waals surface area contributed by atoms with Gasteiger partial charge in [0, 0.05) is 13.5 Å². The van der Waals surface area contributed by atoms with Crippen molar-refractivity contribution in [1.82, 2.24) is 0 Å². The van der Waals surface area contributed by atoms with Crippen molar-refractivity contribution in [2.45, 2.75) is 43.7 Å². The molecular formula is C10H20F2O6SSi. The molecule has 0 bridgehead atoms. The van der Waals surface area contributed by atoms with Gasteiger partial charge in [-0.15, -0.1) is 0 Å². The van der Waals surface area contributed by atoms with Crippen molar-refractivity contribution in [1.29, 1.82) is 0 Å². The molecule has 0 atom stereocenters. The Labute approximate surface area is 118 Å². The molecule has 0 saturated carbocycles. The molecule has 120 valence electrons. The number of carbonyl (C=O) groups is 1. The van der Waals surface area contributed by atoms with Crippen LogP contribution in [-0.2, 0) is 24.1 Å². The molecule has 0 aromatic rings. The summed E-state index contributed by atoms with van der Waals surface area (Å²) in [7, 11) is -5.65. The van der Waals surface area contributed by atoms with Crippen LogP contribution in [0.1, 0.15) is 19.3 Å². The van der Waals surface area contributed by atoms with E-state index >= 15 is 0 Å². The van der Waals surface area contributed by atoms with Gasteiger partial charge in [0.1, 0.15) is 0 Å². The largest absolute Gasteiger partial charge is 0.458 e. The number of esters is 1. The van der Waals surface area contributed by atoms with E-state index in [4.69, 9.17) is 8.98 Å². The molecule has 0 aliphatic heterocycles. The Morgan fingerprint density at radius 3 is 2.30 bits per heavy atom. The predicted octanol–water partition coefficient (Wildman–Crippen LogP) is 2.03. The monoisotopic (exact) mass is 334 g/mol. The molecule has 0 spiro atoms. The fraction of sp³-hybridized carbons (Fsp3) is 0.900. The third kappa shape index (κ3) is 7.27. The summed E-state index contributed by atoms with van der Waals surface area (Å²) >= 11 is 0. The molecule has 0 saturated heterocycles. The summed E-state index contributed by atoms with van der Waals surface area (Å²) in [6.45, 7) is 2.35. The number of hydrogen-bond acceptors (Lipinski definition) is 5. The van der Waals surface area contributed by atoms with Crippen LogP contribution in [0.25, 0.3) is 0 Å². The fourth-order valence-corrected chi connectivity index (χ4v) is 2.75. The van der Waals surface area contributed by atoms with E-state index in [0.29, 0.717) is 12.8 Å². The normalized spacial score (nSPS) is 13.3. The second-order valence-electron chi connectivity index (χ2n) is 4.94. The molecule has 20 heavy (non-hydrogen) atoms. The lowest BCUT2D eigenvalue weighted by Crippen LogP contribution is -2.34. The summed E-state index contributed by atoms with van der Waals surface area (Å²) in [5.74, 6) is -0.926. The van der Waals surface area contributed by atoms with Gasteiger partial charge in [0.05, 0.1) is 0 Å². The zero-order chi connectivity index (χ0) is 16.0. The van der Waals surface area contributed by atoms with Crippen LogP contribution in [0.4, 0.5) is 8.78 Å². The van der Waals surface area contributed by atoms with Gasteiger partial charge in [0.15, 0.2) is 14.9 Å². The second-order valence-corrected chi connectivity index (χ2v) is 10.9. The van der Waals surface area contributed by atoms with Gasteiger partial charge in [0.2, 0.25) is 0 Å². The van der Waals surface area contributed by atoms with Gasteiger partial charge in [-0.2, -0.15) is 17.2 Å². The Morgan fingerprint density at radius 2 is 1.85 bits per heavy atom. The molecule has 10 heteroatoms. The van der Waals surface area contributed by atoms with Crippen LogP contribution in [0.2, 0.25) is 19.1 Å². The summed E-state index contributed by atoms with van der Waals surface area (Å²) in [6, 6.07) is 0.817. The molecule has 0 aliphatic carbocycles. The molecular weight excluding hydrogens is 314 g/mol. The lowest BCUT2D eigenvalue weighted by molar-refractivity contribution is -0.149. The molecule has 0 aromatic heterocycles. The second kappa shape index (κ2) is 7.43. The van der Waals surface area contributed by atoms with E-state index in [1.165, 1.54) is 0 Å². The number of unbranched alkanes of at least 4 members (excludes halogenated alkanes) is 1. The summed E-state index contributed by atoms with van der Waals surface area (Å²) in [5.41, 5.74) is 0. The van der Waals surface area contributed by atoms with Gasteiger partial charge >= 0.3 is 21.3 Å². The van der Waals surface area contributed by atoms with E-state index in [1.54, 1.807) is 7.11 Å². The summed E-state index contributed by atoms with van der Waals surface area (Å²) in [4.78, 5) is 11.2. The number of alkyl halides is 2. The van der Waals surface area contributed by atoms with Crippen molar-refractivity contribution in [2.75, 3.05) is 13.7 Å². The van der Waals surface area contributed by atoms with Crippen molar-refractivity contribution in [3.63, 3.8) is 0 Å². The molecule has 1 N–H and O–H groups in total. The fourth-order valence-electron chi connectivity index (χ4n) is 1.23. The van der Waals surface area contributed by atoms with E-state index in [-0.39, 0.29) is 6.42 Å². The highest BCUT2D eigenvalue weighted by Crippen LogP contribution is 2.21. The summed E-state index contributed by atoms with van der Waals surface area (Å²) in [6.07, 6.45) is 1.04. The highest BCUT2D eigenvalue weighted by atomic mass is 32.2. The summed E-state index contributed by atoms with van der Waals surface area (Å²) < 4.78 is 63.7. The zero-order valence-electron chi connectivity index (χ0n) is 11.7. The Hall–Kier alpha value is -0.583. The highest BCUT2D eigenvalue weighted by molar-refractivity contribution is 7.86. The zero-order valence-corrected chi connectivity index (χ0v) is 13.5. The first-order valence-electron chi connectivity index (χ1n) is 5.97. The van der Waals surface area contributed by atoms with Gasteiger partial charge in [-0.25, -0.2) is 0 Å². The van der Waals surface area contributed by atoms with E-state index in [1.807, 2.05) is 13.1 Å². The standard InChI is InChI=1S/C10H20F2O6SSi/c1-17-20(2,3)7-5-4-6-9(13)18-8-10(11,12)19(14,15)16/h4-8H2,1-3H3,(H,14,15,16). The van der Waals surface area contributed by atoms with Crippen molar-refractivity contribution in [3.05, 3.63) is 0 Å². The first-order valence-corrected chi connectivity index (χ1v) is 10.5. The van der Waals surface area contributed by atoms with Crippen LogP contribution in [0.15, 0.2) is 0 Å². The average molecular weight is 334 g/mol. The van der Waals surface area contributed by atoms with Crippen LogP contribution in [0.3, 0.4) is 0 Å². The van der Waals surface area contributed by atoms with Crippen LogP contribution >= 0.6 is 0 Å². The minimum atomic E-state index is -5.57. The van der Waals surface area contributed by atoms with Gasteiger partial charge in [-0.3, -0.25) is 9.35 Å². The van der Waals surface area contributed by atoms with Crippen molar-refractivity contribution < 1.29 is 35.7 Å². The van der Waals surface area contributed by atoms with Gasteiger partial charge in [-0.1, -0.05) is 6.42 Å². The summed E-state index contributed by atoms with van der Waals surface area (Å²) in [5, 5.41) is -4.48. The maximum atomic E-state index is 12.8. The Bertz CT molecular complexity index is 423. The third-order valence-corrected chi connectivity index (χ3v) is 6.28. The van der Waals surface area contributed by atoms with Gasteiger partial charge in [-0.05, 0) is 25.6 Å². The van der Waals surface area contributed by atoms with Crippen molar-refractivity contribution >= 4 is 24.4 Å². The van der Waals surface area contributed by atoms with E-state index in [9.17, 15) is 22.0 Å². The molecule has 0 unspecified atom stereocenters. The number of rotatable bonds is 9. The smallest absolute Gasteiger partial charge is 0.402 e. The lowest BCUT2D eigenvalue weighted by Gasteiger charge is -2.19. The molecule has 0 heterocycles. The minimum Gasteiger partial charge on any atom is -0.458 e. The number of halogens is 2. The van der Waals surface area contributed by atoms with Gasteiger partial charge in [0.25, 0.3) is 0 Å². The molecule has 0 fully saturated rings. The SMILES string of the molecule is CO[Si](C)(C)CCCCC(=O)OCC(F)(F)S(=O)(=O)O. The van der Waals surface area contributed by atoms with Crippen LogP contribution in [-0.4, -0.2) is 46.2 Å². The van der Waals surface area contributed by atoms with Crippen LogP contribution in [0, 0.1) is 0 Å². The van der Waals surface area contributed by atoms with Crippen molar-refractivity contribution in [3.8, 4) is 0 Å².